The maximum absolute atomic E-state index is 9.39. The van der Waals surface area contributed by atoms with Crippen molar-refractivity contribution in [2.75, 3.05) is 0 Å². The summed E-state index contributed by atoms with van der Waals surface area (Å²) in [6.45, 7) is 20.1. The van der Waals surface area contributed by atoms with Crippen LogP contribution in [0.2, 0.25) is 0 Å². The highest BCUT2D eigenvalue weighted by molar-refractivity contribution is 5.21. The lowest BCUT2D eigenvalue weighted by atomic mass is 9.82. The van der Waals surface area contributed by atoms with Crippen LogP contribution in [0, 0.1) is 41.4 Å². The average Bonchev–Trinajstić information content (AvgIpc) is 2.74. The lowest BCUT2D eigenvalue weighted by Crippen LogP contribution is -2.10. The predicted molar refractivity (Wildman–Crippen MR) is 145 cm³/mol. The molecule has 31 heavy (non-hydrogen) atoms. The number of terminal acetylenes is 1. The summed E-state index contributed by atoms with van der Waals surface area (Å²) in [6, 6.07) is 2.42. The molecule has 1 nitrogen and oxygen atoms in total. The van der Waals surface area contributed by atoms with Crippen molar-refractivity contribution < 1.29 is 0 Å². The maximum atomic E-state index is 9.39. The van der Waals surface area contributed by atoms with Gasteiger partial charge in [0.15, 0.2) is 0 Å². The second kappa shape index (κ2) is 24.8. The molecule has 0 spiro atoms. The smallest absolute Gasteiger partial charge is 0.0943 e. The average molecular weight is 432 g/mol. The van der Waals surface area contributed by atoms with Gasteiger partial charge in [-0.05, 0) is 56.8 Å². The Hall–Kier alpha value is -1.47. The monoisotopic (exact) mass is 431 g/mol. The van der Waals surface area contributed by atoms with Crippen LogP contribution >= 0.6 is 0 Å². The zero-order valence-electron chi connectivity index (χ0n) is 22.0. The highest BCUT2D eigenvalue weighted by Gasteiger charge is 2.17. The number of nitriles is 1. The van der Waals surface area contributed by atoms with E-state index in [4.69, 9.17) is 0 Å². The molecular weight excluding hydrogens is 374 g/mol. The molecule has 0 rings (SSSR count). The van der Waals surface area contributed by atoms with Gasteiger partial charge in [-0.2, -0.15) is 5.26 Å². The third-order valence-corrected chi connectivity index (χ3v) is 5.71. The summed E-state index contributed by atoms with van der Waals surface area (Å²) < 4.78 is 0. The van der Waals surface area contributed by atoms with Crippen LogP contribution in [0.4, 0.5) is 0 Å². The number of hydrogen-bond donors (Lipinski definition) is 0. The molecule has 0 saturated carbocycles. The molecule has 0 aliphatic carbocycles. The van der Waals surface area contributed by atoms with E-state index in [9.17, 15) is 5.26 Å². The van der Waals surface area contributed by atoms with Crippen LogP contribution < -0.4 is 0 Å². The van der Waals surface area contributed by atoms with Crippen LogP contribution in [0.3, 0.4) is 0 Å². The van der Waals surface area contributed by atoms with Crippen LogP contribution in [0.25, 0.3) is 0 Å². The number of hydrogen-bond acceptors (Lipinski definition) is 1. The van der Waals surface area contributed by atoms with Crippen molar-refractivity contribution in [3.05, 3.63) is 23.3 Å². The third kappa shape index (κ3) is 26.5. The Labute approximate surface area is 198 Å². The Balaban J connectivity index is -0.000000397. The van der Waals surface area contributed by atoms with Gasteiger partial charge in [0.2, 0.25) is 0 Å². The van der Waals surface area contributed by atoms with Gasteiger partial charge in [0.25, 0.3) is 0 Å². The molecule has 0 fully saturated rings. The van der Waals surface area contributed by atoms with E-state index in [1.807, 2.05) is 0 Å². The number of allylic oxidation sites excluding steroid dienone is 4. The second-order valence-corrected chi connectivity index (χ2v) is 9.63. The summed E-state index contributed by atoms with van der Waals surface area (Å²) in [5.74, 6) is 1.73. The van der Waals surface area contributed by atoms with Crippen LogP contribution in [-0.4, -0.2) is 0 Å². The fourth-order valence-corrected chi connectivity index (χ4v) is 3.16. The van der Waals surface area contributed by atoms with E-state index >= 15 is 0 Å². The summed E-state index contributed by atoms with van der Waals surface area (Å²) in [5, 5.41) is 9.39. The van der Waals surface area contributed by atoms with E-state index in [0.717, 1.165) is 43.1 Å². The van der Waals surface area contributed by atoms with Crippen LogP contribution in [0.1, 0.15) is 134 Å². The van der Waals surface area contributed by atoms with Crippen molar-refractivity contribution in [1.29, 1.82) is 5.26 Å². The molecule has 0 heterocycles. The van der Waals surface area contributed by atoms with Crippen LogP contribution in [0.5, 0.6) is 0 Å². The van der Waals surface area contributed by atoms with Gasteiger partial charge in [0, 0.05) is 5.57 Å². The maximum Gasteiger partial charge on any atom is 0.0943 e. The zero-order chi connectivity index (χ0) is 24.0. The highest BCUT2D eigenvalue weighted by Crippen LogP contribution is 2.30. The van der Waals surface area contributed by atoms with Crippen molar-refractivity contribution in [2.45, 2.75) is 134 Å². The fraction of sp³-hybridized carbons (Fsp3) is 0.767. The third-order valence-electron chi connectivity index (χ3n) is 5.71. The minimum absolute atomic E-state index is 0. The van der Waals surface area contributed by atoms with Crippen molar-refractivity contribution in [3.8, 4) is 18.9 Å². The first-order valence-corrected chi connectivity index (χ1v) is 12.2. The van der Waals surface area contributed by atoms with Crippen LogP contribution in [0.15, 0.2) is 23.3 Å². The molecule has 0 N–H and O–H groups in total. The number of unbranched alkanes of at least 4 members (excludes halogenated alkanes) is 1. The summed E-state index contributed by atoms with van der Waals surface area (Å²) in [5.41, 5.74) is 2.66. The molecule has 182 valence electrons. The lowest BCUT2D eigenvalue weighted by Gasteiger charge is -2.23. The molecule has 0 bridgehead atoms. The molecule has 0 aliphatic heterocycles. The minimum Gasteiger partial charge on any atom is -0.193 e. The number of nitrogens with zero attached hydrogens (tertiary/aromatic N) is 1. The summed E-state index contributed by atoms with van der Waals surface area (Å²) >= 11 is 0. The first-order valence-electron chi connectivity index (χ1n) is 12.2. The van der Waals surface area contributed by atoms with Crippen molar-refractivity contribution in [2.24, 2.45) is 17.3 Å². The Morgan fingerprint density at radius 2 is 1.55 bits per heavy atom. The summed E-state index contributed by atoms with van der Waals surface area (Å²) in [7, 11) is 0. The normalized spacial score (nSPS) is 12.5. The number of rotatable bonds is 13. The van der Waals surface area contributed by atoms with Gasteiger partial charge in [-0.15, -0.1) is 12.8 Å². The lowest BCUT2D eigenvalue weighted by molar-refractivity contribution is 0.366. The molecule has 0 aliphatic rings. The first kappa shape index (κ1) is 36.9. The van der Waals surface area contributed by atoms with Gasteiger partial charge in [-0.25, -0.2) is 0 Å². The Morgan fingerprint density at radius 1 is 1.03 bits per heavy atom. The summed E-state index contributed by atoms with van der Waals surface area (Å²) in [6.07, 6.45) is 24.5. The molecule has 1 heteroatoms. The standard InChI is InChI=1S/C22H39N.C5H12.C2H2.CH4/c1-7-10-12-20(9-3)13-11-14-21(18-23)15-16-22(5,6)17-19(4)8-2;1-4-5(2)3;1-2;/h8,15,20H,7,9-14,16-17H2,1-6H3;5H,4H2,1-3H3;1-2H;1H4/b19-8-,21-15-;;;. The molecule has 0 aromatic heterocycles. The first-order chi connectivity index (χ1) is 14.1. The molecule has 0 aromatic rings. The fourth-order valence-electron chi connectivity index (χ4n) is 3.16. The van der Waals surface area contributed by atoms with E-state index in [1.54, 1.807) is 0 Å². The van der Waals surface area contributed by atoms with Gasteiger partial charge in [0.1, 0.15) is 0 Å². The minimum atomic E-state index is 0. The van der Waals surface area contributed by atoms with Crippen LogP contribution in [-0.2, 0) is 0 Å². The van der Waals surface area contributed by atoms with Crippen molar-refractivity contribution in [1.82, 2.24) is 0 Å². The Morgan fingerprint density at radius 3 is 1.94 bits per heavy atom. The van der Waals surface area contributed by atoms with E-state index in [1.165, 1.54) is 44.1 Å². The SMILES string of the molecule is C.C#C.C/C=C(/C)CC(C)(C)C/C=C(\C#N)CCCC(CC)CCCC.CCC(C)C. The van der Waals surface area contributed by atoms with Gasteiger partial charge in [-0.1, -0.05) is 112 Å². The molecule has 0 aromatic carbocycles. The largest absolute Gasteiger partial charge is 0.193 e. The quantitative estimate of drug-likeness (QED) is 0.161. The van der Waals surface area contributed by atoms with Gasteiger partial charge < -0.3 is 0 Å². The van der Waals surface area contributed by atoms with Gasteiger partial charge >= 0.3 is 0 Å². The Kier molecular flexibility index (Phi) is 29.5. The molecular formula is C30H57N. The molecule has 0 saturated heterocycles. The van der Waals surface area contributed by atoms with Crippen molar-refractivity contribution >= 4 is 0 Å². The van der Waals surface area contributed by atoms with Gasteiger partial charge in [0.05, 0.1) is 6.07 Å². The predicted octanol–water partition coefficient (Wildman–Crippen LogP) is 10.5. The van der Waals surface area contributed by atoms with E-state index in [0.29, 0.717) is 0 Å². The topological polar surface area (TPSA) is 23.8 Å². The van der Waals surface area contributed by atoms with E-state index < -0.39 is 0 Å². The summed E-state index contributed by atoms with van der Waals surface area (Å²) in [4.78, 5) is 0. The molecule has 0 radical (unpaired) electrons. The van der Waals surface area contributed by atoms with Crippen molar-refractivity contribution in [3.63, 3.8) is 0 Å². The van der Waals surface area contributed by atoms with E-state index in [2.05, 4.69) is 93.4 Å². The van der Waals surface area contributed by atoms with Gasteiger partial charge in [-0.3, -0.25) is 0 Å². The zero-order valence-corrected chi connectivity index (χ0v) is 22.0. The second-order valence-electron chi connectivity index (χ2n) is 9.63. The molecule has 1 atom stereocenters. The Bertz CT molecular complexity index is 496. The molecule has 1 unspecified atom stereocenters. The van der Waals surface area contributed by atoms with E-state index in [-0.39, 0.29) is 12.8 Å². The molecule has 0 amide bonds. The highest BCUT2D eigenvalue weighted by atomic mass is 14.3.